The van der Waals surface area contributed by atoms with Crippen LogP contribution in [0.15, 0.2) is 71.9 Å². The molecule has 0 radical (unpaired) electrons. The molecule has 1 fully saturated rings. The van der Waals surface area contributed by atoms with Crippen LogP contribution in [-0.2, 0) is 19.6 Å². The molecule has 2 aromatic rings. The second-order valence-corrected chi connectivity index (χ2v) is 10.0. The van der Waals surface area contributed by atoms with Crippen LogP contribution >= 0.6 is 0 Å². The lowest BCUT2D eigenvalue weighted by Crippen LogP contribution is -2.51. The number of hydrogen-bond donors (Lipinski definition) is 2. The van der Waals surface area contributed by atoms with Gasteiger partial charge in [0.15, 0.2) is 0 Å². The van der Waals surface area contributed by atoms with Crippen LogP contribution in [0.3, 0.4) is 0 Å². The number of likely N-dealkylation sites (tertiary alicyclic amines) is 1. The molecule has 0 bridgehead atoms. The molecular formula is C23H26N4O4S. The van der Waals surface area contributed by atoms with E-state index < -0.39 is 22.0 Å². The second-order valence-electron chi connectivity index (χ2n) is 8.17. The fourth-order valence-corrected chi connectivity index (χ4v) is 5.60. The largest absolute Gasteiger partial charge is 0.340 e. The molecule has 0 aliphatic carbocycles. The van der Waals surface area contributed by atoms with E-state index in [0.29, 0.717) is 13.1 Å². The van der Waals surface area contributed by atoms with Gasteiger partial charge in [-0.1, -0.05) is 48.0 Å². The minimum Gasteiger partial charge on any atom is -0.340 e. The van der Waals surface area contributed by atoms with Gasteiger partial charge in [0.25, 0.3) is 10.0 Å². The summed E-state index contributed by atoms with van der Waals surface area (Å²) in [6, 6.07) is 14.7. The number of sulfonamides is 1. The highest BCUT2D eigenvalue weighted by Crippen LogP contribution is 2.28. The SMILES string of the molecule is Cc1ccc(S(=O)(=O)N2C=CNC(=O)[C@H]2CC(=O)N2CC(c3ccccc3)[C@H](N)C2)cc1. The molecule has 2 aromatic carbocycles. The van der Waals surface area contributed by atoms with Gasteiger partial charge in [0.2, 0.25) is 11.8 Å². The first-order valence-electron chi connectivity index (χ1n) is 10.4. The van der Waals surface area contributed by atoms with Gasteiger partial charge >= 0.3 is 0 Å². The summed E-state index contributed by atoms with van der Waals surface area (Å²) in [5.41, 5.74) is 8.26. The molecule has 4 rings (SSSR count). The van der Waals surface area contributed by atoms with Crippen molar-refractivity contribution in [3.63, 3.8) is 0 Å². The van der Waals surface area contributed by atoms with Crippen LogP contribution in [0.4, 0.5) is 0 Å². The Balaban J connectivity index is 1.53. The molecule has 2 heterocycles. The average Bonchev–Trinajstić information content (AvgIpc) is 3.17. The highest BCUT2D eigenvalue weighted by Gasteiger charge is 2.40. The Labute approximate surface area is 187 Å². The number of hydrogen-bond acceptors (Lipinski definition) is 5. The zero-order valence-corrected chi connectivity index (χ0v) is 18.5. The fourth-order valence-electron chi connectivity index (χ4n) is 4.15. The molecule has 32 heavy (non-hydrogen) atoms. The third-order valence-electron chi connectivity index (χ3n) is 5.97. The summed E-state index contributed by atoms with van der Waals surface area (Å²) in [6.45, 7) is 2.64. The maximum Gasteiger partial charge on any atom is 0.264 e. The van der Waals surface area contributed by atoms with Gasteiger partial charge in [-0.2, -0.15) is 0 Å². The average molecular weight is 455 g/mol. The van der Waals surface area contributed by atoms with E-state index >= 15 is 0 Å². The standard InChI is InChI=1S/C23H26N4O4S/c1-16-7-9-18(10-8-16)32(30,31)27-12-11-25-23(29)21(27)13-22(28)26-14-19(20(24)15-26)17-5-3-2-4-6-17/h2-12,19-21H,13-15,24H2,1H3,(H,25,29)/t19?,20-,21-/m1/s1. The smallest absolute Gasteiger partial charge is 0.264 e. The van der Waals surface area contributed by atoms with Crippen LogP contribution in [0.2, 0.25) is 0 Å². The van der Waals surface area contributed by atoms with Crippen LogP contribution in [0.1, 0.15) is 23.5 Å². The van der Waals surface area contributed by atoms with E-state index in [0.717, 1.165) is 15.4 Å². The minimum atomic E-state index is -4.00. The zero-order valence-electron chi connectivity index (χ0n) is 17.7. The lowest BCUT2D eigenvalue weighted by molar-refractivity contribution is -0.135. The Bertz CT molecular complexity index is 1130. The molecule has 2 aliphatic rings. The Morgan fingerprint density at radius 3 is 2.47 bits per heavy atom. The number of benzene rings is 2. The molecule has 168 valence electrons. The third-order valence-corrected chi connectivity index (χ3v) is 7.77. The molecule has 0 aromatic heterocycles. The quantitative estimate of drug-likeness (QED) is 0.707. The highest BCUT2D eigenvalue weighted by atomic mass is 32.2. The van der Waals surface area contributed by atoms with Crippen molar-refractivity contribution < 1.29 is 18.0 Å². The topological polar surface area (TPSA) is 113 Å². The monoisotopic (exact) mass is 454 g/mol. The van der Waals surface area contributed by atoms with E-state index in [4.69, 9.17) is 5.73 Å². The lowest BCUT2D eigenvalue weighted by atomic mass is 9.95. The summed E-state index contributed by atoms with van der Waals surface area (Å²) in [5, 5.41) is 2.51. The predicted octanol–water partition coefficient (Wildman–Crippen LogP) is 1.30. The summed E-state index contributed by atoms with van der Waals surface area (Å²) in [5.74, 6) is -0.856. The number of nitrogens with two attached hydrogens (primary N) is 1. The van der Waals surface area contributed by atoms with Crippen LogP contribution in [0, 0.1) is 6.92 Å². The zero-order chi connectivity index (χ0) is 22.9. The third kappa shape index (κ3) is 4.26. The normalized spacial score (nSPS) is 23.3. The molecule has 3 atom stereocenters. The Hall–Kier alpha value is -3.17. The summed E-state index contributed by atoms with van der Waals surface area (Å²) >= 11 is 0. The number of amides is 2. The van der Waals surface area contributed by atoms with Crippen molar-refractivity contribution in [1.29, 1.82) is 0 Å². The summed E-state index contributed by atoms with van der Waals surface area (Å²) in [4.78, 5) is 27.3. The van der Waals surface area contributed by atoms with Crippen molar-refractivity contribution in [3.05, 3.63) is 78.1 Å². The van der Waals surface area contributed by atoms with Crippen molar-refractivity contribution in [3.8, 4) is 0 Å². The first-order chi connectivity index (χ1) is 15.3. The number of carbonyl (C=O) groups excluding carboxylic acids is 2. The van der Waals surface area contributed by atoms with Crippen molar-refractivity contribution >= 4 is 21.8 Å². The summed E-state index contributed by atoms with van der Waals surface area (Å²) in [7, 11) is -4.00. The molecule has 8 nitrogen and oxygen atoms in total. The first-order valence-corrected chi connectivity index (χ1v) is 11.9. The molecule has 9 heteroatoms. The van der Waals surface area contributed by atoms with E-state index in [1.54, 1.807) is 17.0 Å². The maximum atomic E-state index is 13.2. The van der Waals surface area contributed by atoms with Gasteiger partial charge in [-0.3, -0.25) is 13.9 Å². The number of rotatable bonds is 5. The van der Waals surface area contributed by atoms with Crippen molar-refractivity contribution in [2.45, 2.75) is 36.2 Å². The van der Waals surface area contributed by atoms with Crippen LogP contribution in [0.25, 0.3) is 0 Å². The van der Waals surface area contributed by atoms with E-state index in [1.165, 1.54) is 24.5 Å². The van der Waals surface area contributed by atoms with Crippen LogP contribution in [-0.4, -0.2) is 54.6 Å². The first kappa shape index (κ1) is 22.0. The molecular weight excluding hydrogens is 428 g/mol. The van der Waals surface area contributed by atoms with Crippen LogP contribution in [0.5, 0.6) is 0 Å². The second kappa shape index (κ2) is 8.76. The maximum absolute atomic E-state index is 13.2. The van der Waals surface area contributed by atoms with E-state index in [2.05, 4.69) is 5.32 Å². The van der Waals surface area contributed by atoms with E-state index in [-0.39, 0.29) is 29.2 Å². The number of nitrogens with zero attached hydrogens (tertiary/aromatic N) is 2. The fraction of sp³-hybridized carbons (Fsp3) is 0.304. The Morgan fingerprint density at radius 2 is 1.78 bits per heavy atom. The number of aryl methyl sites for hydroxylation is 1. The lowest BCUT2D eigenvalue weighted by Gasteiger charge is -2.32. The Morgan fingerprint density at radius 1 is 1.09 bits per heavy atom. The molecule has 2 aliphatic heterocycles. The molecule has 2 amide bonds. The van der Waals surface area contributed by atoms with Gasteiger partial charge < -0.3 is 16.0 Å². The molecule has 0 saturated carbocycles. The van der Waals surface area contributed by atoms with Crippen molar-refractivity contribution in [2.75, 3.05) is 13.1 Å². The van der Waals surface area contributed by atoms with Crippen molar-refractivity contribution in [2.24, 2.45) is 5.73 Å². The van der Waals surface area contributed by atoms with Gasteiger partial charge in [-0.25, -0.2) is 8.42 Å². The van der Waals surface area contributed by atoms with Crippen LogP contribution < -0.4 is 11.1 Å². The molecule has 3 N–H and O–H groups in total. The van der Waals surface area contributed by atoms with E-state index in [9.17, 15) is 18.0 Å². The minimum absolute atomic E-state index is 0.00683. The molecule has 1 saturated heterocycles. The Kier molecular flexibility index (Phi) is 6.03. The van der Waals surface area contributed by atoms with Gasteiger partial charge in [-0.15, -0.1) is 0 Å². The highest BCUT2D eigenvalue weighted by molar-refractivity contribution is 7.89. The summed E-state index contributed by atoms with van der Waals surface area (Å²) < 4.78 is 27.4. The van der Waals surface area contributed by atoms with Gasteiger partial charge in [0.1, 0.15) is 6.04 Å². The number of carbonyl (C=O) groups is 2. The van der Waals surface area contributed by atoms with Crippen molar-refractivity contribution in [1.82, 2.24) is 14.5 Å². The number of nitrogens with one attached hydrogen (secondary N) is 1. The van der Waals surface area contributed by atoms with Gasteiger partial charge in [-0.05, 0) is 24.6 Å². The molecule has 1 unspecified atom stereocenters. The molecule has 0 spiro atoms. The predicted molar refractivity (Wildman–Crippen MR) is 120 cm³/mol. The van der Waals surface area contributed by atoms with Gasteiger partial charge in [0.05, 0.1) is 11.3 Å². The van der Waals surface area contributed by atoms with E-state index in [1.807, 2.05) is 37.3 Å². The van der Waals surface area contributed by atoms with Gasteiger partial charge in [0, 0.05) is 37.4 Å². The summed E-state index contributed by atoms with van der Waals surface area (Å²) in [6.07, 6.45) is 2.29.